The summed E-state index contributed by atoms with van der Waals surface area (Å²) in [6.45, 7) is 6.14. The topological polar surface area (TPSA) is 66.5 Å². The highest BCUT2D eigenvalue weighted by Crippen LogP contribution is 2.27. The van der Waals surface area contributed by atoms with Crippen molar-refractivity contribution in [2.75, 3.05) is 30.4 Å². The van der Waals surface area contributed by atoms with Crippen LogP contribution in [0.4, 0.5) is 16.3 Å². The van der Waals surface area contributed by atoms with Gasteiger partial charge in [-0.3, -0.25) is 0 Å². The van der Waals surface area contributed by atoms with E-state index < -0.39 is 0 Å². The van der Waals surface area contributed by atoms with Crippen molar-refractivity contribution in [1.82, 2.24) is 10.3 Å². The Morgan fingerprint density at radius 3 is 2.48 bits per heavy atom. The predicted molar refractivity (Wildman–Crippen MR) is 108 cm³/mol. The molecule has 144 valence electrons. The third-order valence-electron chi connectivity index (χ3n) is 4.87. The Morgan fingerprint density at radius 2 is 1.85 bits per heavy atom. The molecule has 2 heterocycles. The van der Waals surface area contributed by atoms with Crippen molar-refractivity contribution in [3.8, 4) is 5.75 Å². The first-order valence-corrected chi connectivity index (χ1v) is 9.50. The Labute approximate surface area is 160 Å². The number of methoxy groups -OCH3 is 1. The molecule has 1 aromatic heterocycles. The van der Waals surface area contributed by atoms with Crippen molar-refractivity contribution in [3.63, 3.8) is 0 Å². The number of ether oxygens (including phenoxy) is 1. The first kappa shape index (κ1) is 19.0. The van der Waals surface area contributed by atoms with Crippen LogP contribution < -0.4 is 20.3 Å². The smallest absolute Gasteiger partial charge is 0.319 e. The zero-order valence-electron chi connectivity index (χ0n) is 16.2. The van der Waals surface area contributed by atoms with Gasteiger partial charge in [0, 0.05) is 19.3 Å². The minimum absolute atomic E-state index is 0.0946. The lowest BCUT2D eigenvalue weighted by Crippen LogP contribution is -2.35. The van der Waals surface area contributed by atoms with Gasteiger partial charge in [-0.2, -0.15) is 0 Å². The second-order valence-corrected chi connectivity index (χ2v) is 7.16. The number of carbonyl (C=O) groups excluding carboxylic acids is 1. The molecule has 0 aliphatic carbocycles. The number of carbonyl (C=O) groups is 1. The average molecular weight is 368 g/mol. The number of hydrogen-bond donors (Lipinski definition) is 2. The fourth-order valence-electron chi connectivity index (χ4n) is 3.42. The van der Waals surface area contributed by atoms with Crippen LogP contribution in [-0.4, -0.2) is 31.2 Å². The second-order valence-electron chi connectivity index (χ2n) is 7.16. The van der Waals surface area contributed by atoms with E-state index in [9.17, 15) is 4.79 Å². The number of urea groups is 1. The minimum Gasteiger partial charge on any atom is -0.497 e. The highest BCUT2D eigenvalue weighted by molar-refractivity contribution is 5.92. The maximum Gasteiger partial charge on any atom is 0.319 e. The van der Waals surface area contributed by atoms with Gasteiger partial charge in [0.2, 0.25) is 0 Å². The van der Waals surface area contributed by atoms with Gasteiger partial charge in [0.15, 0.2) is 5.82 Å². The Bertz CT molecular complexity index is 755. The summed E-state index contributed by atoms with van der Waals surface area (Å²) in [5.74, 6) is 1.89. The number of nitrogens with one attached hydrogen (secondary N) is 2. The molecular weight excluding hydrogens is 340 g/mol. The molecule has 6 heteroatoms. The molecule has 1 aromatic carbocycles. The molecule has 27 heavy (non-hydrogen) atoms. The van der Waals surface area contributed by atoms with E-state index in [2.05, 4.69) is 34.4 Å². The first-order chi connectivity index (χ1) is 13.1. The molecule has 2 aromatic rings. The lowest BCUT2D eigenvalue weighted by atomic mass is 9.96. The Hall–Kier alpha value is -2.76. The number of pyridine rings is 1. The van der Waals surface area contributed by atoms with E-state index in [4.69, 9.17) is 4.74 Å². The largest absolute Gasteiger partial charge is 0.497 e. The third-order valence-corrected chi connectivity index (χ3v) is 4.87. The van der Waals surface area contributed by atoms with E-state index in [0.717, 1.165) is 48.7 Å². The van der Waals surface area contributed by atoms with Gasteiger partial charge in [0.1, 0.15) is 5.75 Å². The van der Waals surface area contributed by atoms with Gasteiger partial charge in [-0.05, 0) is 48.6 Å². The van der Waals surface area contributed by atoms with Gasteiger partial charge in [-0.15, -0.1) is 0 Å². The molecule has 1 atom stereocenters. The molecule has 2 N–H and O–H groups in total. The molecule has 0 spiro atoms. The average Bonchev–Trinajstić information content (AvgIpc) is 3.21. The molecule has 0 radical (unpaired) electrons. The lowest BCUT2D eigenvalue weighted by molar-refractivity contribution is 0.244. The van der Waals surface area contributed by atoms with Crippen LogP contribution in [0.5, 0.6) is 5.75 Å². The summed E-state index contributed by atoms with van der Waals surface area (Å²) in [6, 6.07) is 11.2. The summed E-state index contributed by atoms with van der Waals surface area (Å²) < 4.78 is 5.22. The van der Waals surface area contributed by atoms with Crippen molar-refractivity contribution >= 4 is 17.5 Å². The van der Waals surface area contributed by atoms with E-state index in [0.29, 0.717) is 0 Å². The van der Waals surface area contributed by atoms with Crippen LogP contribution in [0.2, 0.25) is 0 Å². The van der Waals surface area contributed by atoms with Crippen molar-refractivity contribution in [1.29, 1.82) is 0 Å². The molecule has 1 fully saturated rings. The fourth-order valence-corrected chi connectivity index (χ4v) is 3.42. The van der Waals surface area contributed by atoms with Crippen molar-refractivity contribution in [2.24, 2.45) is 5.92 Å². The van der Waals surface area contributed by atoms with Gasteiger partial charge in [-0.1, -0.05) is 26.0 Å². The summed E-state index contributed by atoms with van der Waals surface area (Å²) in [5, 5.41) is 6.09. The molecular formula is C21H28N4O2. The number of aromatic nitrogens is 1. The second kappa shape index (κ2) is 8.75. The van der Waals surface area contributed by atoms with Gasteiger partial charge in [0.25, 0.3) is 0 Å². The Kier molecular flexibility index (Phi) is 6.16. The van der Waals surface area contributed by atoms with Gasteiger partial charge < -0.3 is 20.3 Å². The van der Waals surface area contributed by atoms with E-state index in [1.807, 2.05) is 36.4 Å². The minimum atomic E-state index is -0.224. The normalized spacial score (nSPS) is 14.9. The van der Waals surface area contributed by atoms with E-state index >= 15 is 0 Å². The van der Waals surface area contributed by atoms with Crippen LogP contribution in [-0.2, 0) is 0 Å². The standard InChI is InChI=1S/C21H28N4O2/c1-15(2)19(16-8-10-17(27-3)11-9-16)24-21(26)23-18-7-6-12-22-20(18)25-13-4-5-14-25/h6-12,15,19H,4-5,13-14H2,1-3H3,(H2,23,24,26). The van der Waals surface area contributed by atoms with Gasteiger partial charge in [-0.25, -0.2) is 9.78 Å². The van der Waals surface area contributed by atoms with Gasteiger partial charge in [0.05, 0.1) is 18.8 Å². The molecule has 0 saturated carbocycles. The van der Waals surface area contributed by atoms with Crippen LogP contribution in [0.1, 0.15) is 38.3 Å². The Balaban J connectivity index is 1.71. The fraction of sp³-hybridized carbons (Fsp3) is 0.429. The highest BCUT2D eigenvalue weighted by atomic mass is 16.5. The molecule has 6 nitrogen and oxygen atoms in total. The zero-order valence-corrected chi connectivity index (χ0v) is 16.2. The van der Waals surface area contributed by atoms with E-state index in [1.54, 1.807) is 13.3 Å². The number of rotatable bonds is 6. The molecule has 3 rings (SSSR count). The van der Waals surface area contributed by atoms with Crippen LogP contribution in [0, 0.1) is 5.92 Å². The lowest BCUT2D eigenvalue weighted by Gasteiger charge is -2.24. The van der Waals surface area contributed by atoms with Crippen molar-refractivity contribution in [2.45, 2.75) is 32.7 Å². The maximum absolute atomic E-state index is 12.7. The van der Waals surface area contributed by atoms with Crippen LogP contribution >= 0.6 is 0 Å². The van der Waals surface area contributed by atoms with Crippen LogP contribution in [0.15, 0.2) is 42.6 Å². The molecule has 2 amide bonds. The molecule has 1 saturated heterocycles. The number of nitrogens with zero attached hydrogens (tertiary/aromatic N) is 2. The van der Waals surface area contributed by atoms with Gasteiger partial charge >= 0.3 is 6.03 Å². The first-order valence-electron chi connectivity index (χ1n) is 9.50. The summed E-state index contributed by atoms with van der Waals surface area (Å²) in [7, 11) is 1.65. The van der Waals surface area contributed by atoms with E-state index in [1.165, 1.54) is 0 Å². The summed E-state index contributed by atoms with van der Waals surface area (Å²) >= 11 is 0. The molecule has 1 aliphatic heterocycles. The predicted octanol–water partition coefficient (Wildman–Crippen LogP) is 4.21. The third kappa shape index (κ3) is 4.70. The van der Waals surface area contributed by atoms with E-state index in [-0.39, 0.29) is 18.0 Å². The summed E-state index contributed by atoms with van der Waals surface area (Å²) in [6.07, 6.45) is 4.09. The molecule has 1 unspecified atom stereocenters. The zero-order chi connectivity index (χ0) is 19.2. The van der Waals surface area contributed by atoms with Crippen molar-refractivity contribution < 1.29 is 9.53 Å². The highest BCUT2D eigenvalue weighted by Gasteiger charge is 2.21. The quantitative estimate of drug-likeness (QED) is 0.802. The SMILES string of the molecule is COc1ccc(C(NC(=O)Nc2cccnc2N2CCCC2)C(C)C)cc1. The number of benzene rings is 1. The monoisotopic (exact) mass is 368 g/mol. The van der Waals surface area contributed by atoms with Crippen molar-refractivity contribution in [3.05, 3.63) is 48.2 Å². The number of hydrogen-bond acceptors (Lipinski definition) is 4. The Morgan fingerprint density at radius 1 is 1.15 bits per heavy atom. The summed E-state index contributed by atoms with van der Waals surface area (Å²) in [4.78, 5) is 19.4. The van der Waals surface area contributed by atoms with Crippen LogP contribution in [0.25, 0.3) is 0 Å². The molecule has 1 aliphatic rings. The number of anilines is 2. The molecule has 0 bridgehead atoms. The maximum atomic E-state index is 12.7. The summed E-state index contributed by atoms with van der Waals surface area (Å²) in [5.41, 5.74) is 1.79. The number of amides is 2. The van der Waals surface area contributed by atoms with Crippen LogP contribution in [0.3, 0.4) is 0 Å².